The molecule has 0 aliphatic carbocycles. The topological polar surface area (TPSA) is 27.7 Å². The van der Waals surface area contributed by atoms with E-state index in [1.807, 2.05) is 0 Å². The van der Waals surface area contributed by atoms with Gasteiger partial charge in [-0.25, -0.2) is 4.39 Å². The molecule has 5 heteroatoms. The van der Waals surface area contributed by atoms with Gasteiger partial charge in [0, 0.05) is 14.2 Å². The zero-order valence-electron chi connectivity index (χ0n) is 10.4. The second kappa shape index (κ2) is 5.55. The van der Waals surface area contributed by atoms with Crippen LogP contribution in [0, 0.1) is 5.82 Å². The second-order valence-corrected chi connectivity index (χ2v) is 4.81. The summed E-state index contributed by atoms with van der Waals surface area (Å²) in [6.07, 6.45) is 1.26. The molecule has 0 saturated heterocycles. The quantitative estimate of drug-likeness (QED) is 0.631. The molecule has 1 aliphatic rings. The Labute approximate surface area is 114 Å². The van der Waals surface area contributed by atoms with Gasteiger partial charge < -0.3 is 14.2 Å². The molecule has 0 radical (unpaired) electrons. The molecule has 0 saturated carbocycles. The second-order valence-electron chi connectivity index (χ2n) is 4.25. The Morgan fingerprint density at radius 2 is 2.17 bits per heavy atom. The van der Waals surface area contributed by atoms with Crippen LogP contribution in [0.5, 0.6) is 5.75 Å². The van der Waals surface area contributed by atoms with E-state index in [0.717, 1.165) is 18.4 Å². The van der Waals surface area contributed by atoms with Crippen molar-refractivity contribution in [1.29, 1.82) is 0 Å². The minimum Gasteiger partial charge on any atom is -0.484 e. The van der Waals surface area contributed by atoms with E-state index in [9.17, 15) is 4.39 Å². The molecule has 3 nitrogen and oxygen atoms in total. The van der Waals surface area contributed by atoms with E-state index in [-0.39, 0.29) is 11.9 Å². The summed E-state index contributed by atoms with van der Waals surface area (Å²) in [4.78, 5) is 0. The van der Waals surface area contributed by atoms with Crippen LogP contribution in [0.1, 0.15) is 12.0 Å². The van der Waals surface area contributed by atoms with Gasteiger partial charge in [-0.1, -0.05) is 15.9 Å². The molecule has 1 heterocycles. The van der Waals surface area contributed by atoms with Crippen LogP contribution in [-0.4, -0.2) is 31.4 Å². The molecule has 1 aromatic rings. The number of halogens is 2. The standard InChI is InChI=1S/C13H16BrFO3/c1-16-13(8-14,17-2)12-6-3-9-7-10(15)4-5-11(9)18-12/h4-5,7,12H,3,6,8H2,1-2H3. The molecule has 0 fully saturated rings. The van der Waals surface area contributed by atoms with Gasteiger partial charge in [-0.15, -0.1) is 0 Å². The minimum atomic E-state index is -0.813. The lowest BCUT2D eigenvalue weighted by molar-refractivity contribution is -0.239. The number of alkyl halides is 1. The number of hydrogen-bond acceptors (Lipinski definition) is 3. The summed E-state index contributed by atoms with van der Waals surface area (Å²) in [6, 6.07) is 4.57. The number of hydrogen-bond donors (Lipinski definition) is 0. The summed E-state index contributed by atoms with van der Waals surface area (Å²) >= 11 is 3.39. The summed E-state index contributed by atoms with van der Waals surface area (Å²) in [7, 11) is 3.18. The lowest BCUT2D eigenvalue weighted by Gasteiger charge is -2.39. The molecule has 1 aliphatic heterocycles. The van der Waals surface area contributed by atoms with Crippen LogP contribution in [0.15, 0.2) is 18.2 Å². The molecule has 1 aromatic carbocycles. The molecule has 0 bridgehead atoms. The molecule has 18 heavy (non-hydrogen) atoms. The zero-order chi connectivity index (χ0) is 13.2. The maximum atomic E-state index is 13.1. The fraction of sp³-hybridized carbons (Fsp3) is 0.538. The fourth-order valence-electron chi connectivity index (χ4n) is 2.21. The van der Waals surface area contributed by atoms with Gasteiger partial charge in [0.15, 0.2) is 6.10 Å². The van der Waals surface area contributed by atoms with Crippen LogP contribution in [0.4, 0.5) is 4.39 Å². The first-order valence-electron chi connectivity index (χ1n) is 5.76. The van der Waals surface area contributed by atoms with Crippen LogP contribution in [-0.2, 0) is 15.9 Å². The lowest BCUT2D eigenvalue weighted by atomic mass is 9.97. The summed E-state index contributed by atoms with van der Waals surface area (Å²) in [5.74, 6) is -0.348. The molecular formula is C13H16BrFO3. The minimum absolute atomic E-state index is 0.218. The molecule has 1 unspecified atom stereocenters. The number of benzene rings is 1. The van der Waals surface area contributed by atoms with Crippen LogP contribution in [0.3, 0.4) is 0 Å². The number of aryl methyl sites for hydroxylation is 1. The lowest BCUT2D eigenvalue weighted by Crippen LogP contribution is -2.52. The summed E-state index contributed by atoms with van der Waals surface area (Å²) in [6.45, 7) is 0. The number of fused-ring (bicyclic) bond motifs is 1. The van der Waals surface area contributed by atoms with Crippen molar-refractivity contribution in [2.45, 2.75) is 24.7 Å². The highest BCUT2D eigenvalue weighted by Gasteiger charge is 2.42. The SMILES string of the molecule is COC(CBr)(OC)C1CCc2cc(F)ccc2O1. The van der Waals surface area contributed by atoms with E-state index >= 15 is 0 Å². The first kappa shape index (κ1) is 13.8. The number of rotatable bonds is 4. The van der Waals surface area contributed by atoms with Crippen LogP contribution >= 0.6 is 15.9 Å². The van der Waals surface area contributed by atoms with Gasteiger partial charge in [-0.05, 0) is 36.6 Å². The molecular weight excluding hydrogens is 303 g/mol. The summed E-state index contributed by atoms with van der Waals surface area (Å²) in [5, 5.41) is 0.508. The van der Waals surface area contributed by atoms with Crippen molar-refractivity contribution in [3.63, 3.8) is 0 Å². The van der Waals surface area contributed by atoms with Gasteiger partial charge in [0.1, 0.15) is 11.6 Å². The molecule has 100 valence electrons. The third-order valence-corrected chi connectivity index (χ3v) is 4.12. The Kier molecular flexibility index (Phi) is 4.25. The van der Waals surface area contributed by atoms with E-state index in [0.29, 0.717) is 11.1 Å². The van der Waals surface area contributed by atoms with Crippen molar-refractivity contribution >= 4 is 15.9 Å². The Morgan fingerprint density at radius 1 is 1.44 bits per heavy atom. The number of methoxy groups -OCH3 is 2. The van der Waals surface area contributed by atoms with Gasteiger partial charge in [0.2, 0.25) is 5.79 Å². The van der Waals surface area contributed by atoms with E-state index in [1.165, 1.54) is 12.1 Å². The first-order valence-corrected chi connectivity index (χ1v) is 6.88. The van der Waals surface area contributed by atoms with Gasteiger partial charge in [0.25, 0.3) is 0 Å². The van der Waals surface area contributed by atoms with E-state index < -0.39 is 5.79 Å². The summed E-state index contributed by atoms with van der Waals surface area (Å²) < 4.78 is 29.9. The van der Waals surface area contributed by atoms with Crippen LogP contribution in [0.2, 0.25) is 0 Å². The Morgan fingerprint density at radius 3 is 2.78 bits per heavy atom. The van der Waals surface area contributed by atoms with Crippen molar-refractivity contribution in [2.24, 2.45) is 0 Å². The third-order valence-electron chi connectivity index (χ3n) is 3.34. The highest BCUT2D eigenvalue weighted by molar-refractivity contribution is 9.09. The smallest absolute Gasteiger partial charge is 0.215 e. The molecule has 0 amide bonds. The highest BCUT2D eigenvalue weighted by atomic mass is 79.9. The van der Waals surface area contributed by atoms with Crippen LogP contribution in [0.25, 0.3) is 0 Å². The average molecular weight is 319 g/mol. The van der Waals surface area contributed by atoms with Crippen molar-refractivity contribution in [3.8, 4) is 5.75 Å². The Balaban J connectivity index is 2.23. The van der Waals surface area contributed by atoms with Gasteiger partial charge in [-0.2, -0.15) is 0 Å². The predicted molar refractivity (Wildman–Crippen MR) is 69.7 cm³/mol. The molecule has 0 aromatic heterocycles. The van der Waals surface area contributed by atoms with Crippen molar-refractivity contribution in [1.82, 2.24) is 0 Å². The predicted octanol–water partition coefficient (Wildman–Crippen LogP) is 2.90. The number of ether oxygens (including phenoxy) is 3. The van der Waals surface area contributed by atoms with Gasteiger partial charge >= 0.3 is 0 Å². The molecule has 2 rings (SSSR count). The average Bonchev–Trinajstić information content (AvgIpc) is 2.41. The Bertz CT molecular complexity index is 412. The molecule has 0 N–H and O–H groups in total. The fourth-order valence-corrected chi connectivity index (χ4v) is 3.03. The van der Waals surface area contributed by atoms with Crippen molar-refractivity contribution < 1.29 is 18.6 Å². The first-order chi connectivity index (χ1) is 8.65. The third kappa shape index (κ3) is 2.39. The maximum Gasteiger partial charge on any atom is 0.215 e. The van der Waals surface area contributed by atoms with Gasteiger partial charge in [-0.3, -0.25) is 0 Å². The van der Waals surface area contributed by atoms with Crippen molar-refractivity contribution in [2.75, 3.05) is 19.5 Å². The van der Waals surface area contributed by atoms with E-state index in [4.69, 9.17) is 14.2 Å². The molecule has 1 atom stereocenters. The maximum absolute atomic E-state index is 13.1. The highest BCUT2D eigenvalue weighted by Crippen LogP contribution is 2.34. The monoisotopic (exact) mass is 318 g/mol. The zero-order valence-corrected chi connectivity index (χ0v) is 12.0. The normalized spacial score (nSPS) is 19.2. The van der Waals surface area contributed by atoms with Gasteiger partial charge in [0.05, 0.1) is 5.33 Å². The van der Waals surface area contributed by atoms with Crippen molar-refractivity contribution in [3.05, 3.63) is 29.6 Å². The van der Waals surface area contributed by atoms with E-state index in [2.05, 4.69) is 15.9 Å². The molecule has 0 spiro atoms. The largest absolute Gasteiger partial charge is 0.484 e. The summed E-state index contributed by atoms with van der Waals surface area (Å²) in [5.41, 5.74) is 0.891. The Hall–Kier alpha value is -0.650. The van der Waals surface area contributed by atoms with E-state index in [1.54, 1.807) is 20.3 Å². The van der Waals surface area contributed by atoms with Crippen LogP contribution < -0.4 is 4.74 Å².